The Morgan fingerprint density at radius 2 is 1.38 bits per heavy atom. The van der Waals surface area contributed by atoms with Crippen LogP contribution in [0.15, 0.2) is 89.8 Å². The third kappa shape index (κ3) is 6.28. The molecule has 1 aliphatic rings. The summed E-state index contributed by atoms with van der Waals surface area (Å²) in [6, 6.07) is 23.1. The van der Waals surface area contributed by atoms with E-state index in [1.54, 1.807) is 4.90 Å². The van der Waals surface area contributed by atoms with E-state index in [4.69, 9.17) is 0 Å². The number of rotatable bonds is 8. The number of carbonyl (C=O) groups is 1. The van der Waals surface area contributed by atoms with Crippen molar-refractivity contribution in [2.24, 2.45) is 0 Å². The molecule has 0 spiro atoms. The van der Waals surface area contributed by atoms with Gasteiger partial charge in [-0.2, -0.15) is 4.72 Å². The number of hydrogen-bond acceptors (Lipinski definition) is 4. The maximum absolute atomic E-state index is 13.5. The standard InChI is InChI=1S/C26H28FN3O3S/c27-23-11-13-24(14-12-23)34(32,33)28-25(19-21-7-3-1-4-8-21)26(31)30-17-15-29(16-18-30)20-22-9-5-2-6-10-22/h1-14,25,28H,15-20H2. The van der Waals surface area contributed by atoms with E-state index in [1.165, 1.54) is 17.7 Å². The van der Waals surface area contributed by atoms with Crippen molar-refractivity contribution in [3.63, 3.8) is 0 Å². The van der Waals surface area contributed by atoms with Gasteiger partial charge in [0.05, 0.1) is 4.90 Å². The molecule has 1 fully saturated rings. The molecule has 0 bridgehead atoms. The van der Waals surface area contributed by atoms with E-state index < -0.39 is 21.9 Å². The summed E-state index contributed by atoms with van der Waals surface area (Å²) in [6.07, 6.45) is 0.227. The zero-order valence-electron chi connectivity index (χ0n) is 18.8. The quantitative estimate of drug-likeness (QED) is 0.537. The number of carbonyl (C=O) groups excluding carboxylic acids is 1. The highest BCUT2D eigenvalue weighted by atomic mass is 32.2. The maximum atomic E-state index is 13.5. The molecule has 0 aromatic heterocycles. The first-order chi connectivity index (χ1) is 16.4. The van der Waals surface area contributed by atoms with E-state index in [-0.39, 0.29) is 17.2 Å². The van der Waals surface area contributed by atoms with E-state index in [0.29, 0.717) is 26.2 Å². The molecule has 6 nitrogen and oxygen atoms in total. The fourth-order valence-electron chi connectivity index (χ4n) is 4.09. The smallest absolute Gasteiger partial charge is 0.241 e. The first-order valence-corrected chi connectivity index (χ1v) is 12.8. The van der Waals surface area contributed by atoms with Crippen LogP contribution < -0.4 is 4.72 Å². The first-order valence-electron chi connectivity index (χ1n) is 11.3. The molecule has 1 unspecified atom stereocenters. The van der Waals surface area contributed by atoms with Crippen LogP contribution in [-0.2, 0) is 27.8 Å². The minimum atomic E-state index is -4.01. The van der Waals surface area contributed by atoms with Crippen molar-refractivity contribution < 1.29 is 17.6 Å². The number of piperazine rings is 1. The Kier molecular flexibility index (Phi) is 7.72. The van der Waals surface area contributed by atoms with Crippen LogP contribution in [0.5, 0.6) is 0 Å². The summed E-state index contributed by atoms with van der Waals surface area (Å²) in [5.41, 5.74) is 2.07. The highest BCUT2D eigenvalue weighted by molar-refractivity contribution is 7.89. The van der Waals surface area contributed by atoms with Crippen molar-refractivity contribution in [3.05, 3.63) is 102 Å². The molecule has 178 valence electrons. The molecule has 3 aromatic rings. The van der Waals surface area contributed by atoms with Crippen molar-refractivity contribution in [3.8, 4) is 0 Å². The first kappa shape index (κ1) is 24.1. The maximum Gasteiger partial charge on any atom is 0.241 e. The molecule has 3 aromatic carbocycles. The van der Waals surface area contributed by atoms with Crippen LogP contribution in [0.2, 0.25) is 0 Å². The Balaban J connectivity index is 1.46. The lowest BCUT2D eigenvalue weighted by atomic mass is 10.1. The third-order valence-corrected chi connectivity index (χ3v) is 7.42. The Morgan fingerprint density at radius 3 is 1.97 bits per heavy atom. The van der Waals surface area contributed by atoms with Gasteiger partial charge in [-0.15, -0.1) is 0 Å². The molecule has 1 amide bonds. The zero-order chi connectivity index (χ0) is 24.0. The third-order valence-electron chi connectivity index (χ3n) is 5.94. The van der Waals surface area contributed by atoms with Gasteiger partial charge < -0.3 is 4.90 Å². The van der Waals surface area contributed by atoms with Gasteiger partial charge in [0, 0.05) is 32.7 Å². The molecule has 34 heavy (non-hydrogen) atoms. The fourth-order valence-corrected chi connectivity index (χ4v) is 5.28. The summed E-state index contributed by atoms with van der Waals surface area (Å²) in [6.45, 7) is 3.28. The summed E-state index contributed by atoms with van der Waals surface area (Å²) >= 11 is 0. The van der Waals surface area contributed by atoms with Gasteiger partial charge in [-0.1, -0.05) is 60.7 Å². The van der Waals surface area contributed by atoms with Gasteiger partial charge in [-0.05, 0) is 41.8 Å². The van der Waals surface area contributed by atoms with Gasteiger partial charge in [0.2, 0.25) is 15.9 Å². The molecule has 1 atom stereocenters. The van der Waals surface area contributed by atoms with Crippen molar-refractivity contribution in [1.29, 1.82) is 0 Å². The Bertz CT molecular complexity index is 1180. The van der Waals surface area contributed by atoms with Crippen LogP contribution in [0.1, 0.15) is 11.1 Å². The number of benzene rings is 3. The molecule has 4 rings (SSSR count). The summed E-state index contributed by atoms with van der Waals surface area (Å²) in [4.78, 5) is 17.4. The Labute approximate surface area is 200 Å². The van der Waals surface area contributed by atoms with Gasteiger partial charge in [-0.3, -0.25) is 9.69 Å². The SMILES string of the molecule is O=C(C(Cc1ccccc1)NS(=O)(=O)c1ccc(F)cc1)N1CCN(Cc2ccccc2)CC1. The molecular formula is C26H28FN3O3S. The normalized spacial score (nSPS) is 15.7. The molecule has 0 aliphatic carbocycles. The number of nitrogens with zero attached hydrogens (tertiary/aromatic N) is 2. The lowest BCUT2D eigenvalue weighted by molar-refractivity contribution is -0.134. The summed E-state index contributed by atoms with van der Waals surface area (Å²) in [5, 5.41) is 0. The van der Waals surface area contributed by atoms with Crippen LogP contribution in [0, 0.1) is 5.82 Å². The predicted molar refractivity (Wildman–Crippen MR) is 129 cm³/mol. The average Bonchev–Trinajstić information content (AvgIpc) is 2.85. The second-order valence-corrected chi connectivity index (χ2v) is 10.1. The molecule has 8 heteroatoms. The lowest BCUT2D eigenvalue weighted by Gasteiger charge is -2.36. The Morgan fingerprint density at radius 1 is 0.824 bits per heavy atom. The predicted octanol–water partition coefficient (Wildman–Crippen LogP) is 3.06. The van der Waals surface area contributed by atoms with Crippen LogP contribution >= 0.6 is 0 Å². The zero-order valence-corrected chi connectivity index (χ0v) is 19.6. The second kappa shape index (κ2) is 10.9. The van der Waals surface area contributed by atoms with Crippen LogP contribution in [0.25, 0.3) is 0 Å². The fraction of sp³-hybridized carbons (Fsp3) is 0.269. The van der Waals surface area contributed by atoms with Crippen LogP contribution in [0.3, 0.4) is 0 Å². The van der Waals surface area contributed by atoms with Gasteiger partial charge in [0.15, 0.2) is 0 Å². The summed E-state index contributed by atoms with van der Waals surface area (Å²) in [5.74, 6) is -0.780. The second-order valence-electron chi connectivity index (χ2n) is 8.40. The average molecular weight is 482 g/mol. The lowest BCUT2D eigenvalue weighted by Crippen LogP contribution is -2.55. The van der Waals surface area contributed by atoms with Crippen molar-refractivity contribution >= 4 is 15.9 Å². The number of sulfonamides is 1. The van der Waals surface area contributed by atoms with E-state index in [0.717, 1.165) is 24.2 Å². The number of hydrogen-bond donors (Lipinski definition) is 1. The summed E-state index contributed by atoms with van der Waals surface area (Å²) < 4.78 is 41.8. The Hall–Kier alpha value is -3.07. The molecule has 1 aliphatic heterocycles. The van der Waals surface area contributed by atoms with E-state index in [1.807, 2.05) is 48.5 Å². The molecule has 1 heterocycles. The number of amides is 1. The highest BCUT2D eigenvalue weighted by Crippen LogP contribution is 2.15. The highest BCUT2D eigenvalue weighted by Gasteiger charge is 2.31. The van der Waals surface area contributed by atoms with E-state index in [2.05, 4.69) is 21.8 Å². The molecule has 1 N–H and O–H groups in total. The van der Waals surface area contributed by atoms with Gasteiger partial charge in [0.1, 0.15) is 11.9 Å². The van der Waals surface area contributed by atoms with Crippen molar-refractivity contribution in [1.82, 2.24) is 14.5 Å². The van der Waals surface area contributed by atoms with Gasteiger partial charge >= 0.3 is 0 Å². The molecular weight excluding hydrogens is 453 g/mol. The van der Waals surface area contributed by atoms with Crippen LogP contribution in [0.4, 0.5) is 4.39 Å². The van der Waals surface area contributed by atoms with Gasteiger partial charge in [-0.25, -0.2) is 12.8 Å². The van der Waals surface area contributed by atoms with E-state index in [9.17, 15) is 17.6 Å². The summed E-state index contributed by atoms with van der Waals surface area (Å²) in [7, 11) is -4.01. The largest absolute Gasteiger partial charge is 0.339 e. The topological polar surface area (TPSA) is 69.7 Å². The van der Waals surface area contributed by atoms with E-state index >= 15 is 0 Å². The molecule has 1 saturated heterocycles. The minimum Gasteiger partial charge on any atom is -0.339 e. The van der Waals surface area contributed by atoms with Crippen molar-refractivity contribution in [2.75, 3.05) is 26.2 Å². The van der Waals surface area contributed by atoms with Gasteiger partial charge in [0.25, 0.3) is 0 Å². The molecule has 0 saturated carbocycles. The minimum absolute atomic E-state index is 0.0764. The molecule has 0 radical (unpaired) electrons. The number of halogens is 1. The van der Waals surface area contributed by atoms with Crippen LogP contribution in [-0.4, -0.2) is 56.3 Å². The van der Waals surface area contributed by atoms with Crippen molar-refractivity contribution in [2.45, 2.75) is 23.9 Å². The monoisotopic (exact) mass is 481 g/mol. The number of nitrogens with one attached hydrogen (secondary N) is 1.